The zero-order valence-corrected chi connectivity index (χ0v) is 15.0. The molecule has 120 valence electrons. The number of quaternary nitrogens is 1. The first-order valence-electron chi connectivity index (χ1n) is 7.28. The van der Waals surface area contributed by atoms with Crippen molar-refractivity contribution < 1.29 is 14.5 Å². The lowest BCUT2D eigenvalue weighted by molar-refractivity contribution is -0.895. The molecule has 1 atom stereocenters. The van der Waals surface area contributed by atoms with E-state index in [1.165, 1.54) is 16.2 Å². The van der Waals surface area contributed by atoms with Crippen molar-refractivity contribution in [3.8, 4) is 0 Å². The highest BCUT2D eigenvalue weighted by Gasteiger charge is 2.28. The van der Waals surface area contributed by atoms with Crippen molar-refractivity contribution in [1.29, 1.82) is 0 Å². The van der Waals surface area contributed by atoms with Gasteiger partial charge in [0.1, 0.15) is 11.5 Å². The zero-order chi connectivity index (χ0) is 16.6. The highest BCUT2D eigenvalue weighted by molar-refractivity contribution is 9.10. The number of primary amides is 1. The normalized spacial score (nSPS) is 16.7. The maximum Gasteiger partial charge on any atom is 0.256 e. The Labute approximate surface area is 146 Å². The molecule has 0 saturated carbocycles. The van der Waals surface area contributed by atoms with E-state index in [2.05, 4.69) is 28.3 Å². The number of amides is 2. The molecular weight excluding hydrogens is 378 g/mol. The minimum Gasteiger partial charge on any atom is -0.365 e. The lowest BCUT2D eigenvalue weighted by Gasteiger charge is -2.19. The third-order valence-electron chi connectivity index (χ3n) is 3.93. The van der Waals surface area contributed by atoms with Gasteiger partial charge in [-0.2, -0.15) is 0 Å². The van der Waals surface area contributed by atoms with E-state index < -0.39 is 5.91 Å². The molecule has 2 aromatic rings. The maximum absolute atomic E-state index is 12.4. The summed E-state index contributed by atoms with van der Waals surface area (Å²) in [6, 6.07) is 7.08. The molecule has 0 spiro atoms. The minimum absolute atomic E-state index is 0.237. The summed E-state index contributed by atoms with van der Waals surface area (Å²) in [5, 5.41) is 3.41. The Morgan fingerprint density at radius 1 is 1.30 bits per heavy atom. The third-order valence-corrected chi connectivity index (χ3v) is 5.61. The Bertz CT molecular complexity index is 770. The van der Waals surface area contributed by atoms with E-state index >= 15 is 0 Å². The minimum atomic E-state index is -0.479. The number of fused-ring (bicyclic) bond motifs is 1. The summed E-state index contributed by atoms with van der Waals surface area (Å²) in [5.41, 5.74) is 7.57. The molecule has 0 bridgehead atoms. The monoisotopic (exact) mass is 394 g/mol. The number of rotatable bonds is 3. The molecule has 5 nitrogen and oxygen atoms in total. The molecule has 1 aliphatic rings. The summed E-state index contributed by atoms with van der Waals surface area (Å²) in [6.07, 6.45) is 0.810. The number of hydrogen-bond acceptors (Lipinski definition) is 3. The second-order valence-corrected chi connectivity index (χ2v) is 7.69. The van der Waals surface area contributed by atoms with Crippen LogP contribution < -0.4 is 16.0 Å². The fourth-order valence-electron chi connectivity index (χ4n) is 2.75. The smallest absolute Gasteiger partial charge is 0.256 e. The van der Waals surface area contributed by atoms with Gasteiger partial charge in [0.2, 0.25) is 0 Å². The lowest BCUT2D eigenvalue weighted by atomic mass is 10.0. The van der Waals surface area contributed by atoms with Crippen LogP contribution in [-0.2, 0) is 13.0 Å². The average Bonchev–Trinajstić information content (AvgIpc) is 2.84. The molecule has 1 unspecified atom stereocenters. The standard InChI is InChI=1S/C16H16BrN3O2S/c1-20-7-6-11-12(8-20)23-16(13(11)14(18)21)19-15(22)9-2-4-10(17)5-3-9/h2-5H,6-8H2,1H3,(H2,18,21)(H,19,22)/p+1. The number of nitrogens with two attached hydrogens (primary N) is 1. The van der Waals surface area contributed by atoms with Crippen molar-refractivity contribution in [3.05, 3.63) is 50.3 Å². The van der Waals surface area contributed by atoms with Crippen LogP contribution in [0.3, 0.4) is 0 Å². The van der Waals surface area contributed by atoms with E-state index in [1.54, 1.807) is 12.1 Å². The number of benzene rings is 1. The van der Waals surface area contributed by atoms with E-state index in [4.69, 9.17) is 5.73 Å². The summed E-state index contributed by atoms with van der Waals surface area (Å²) in [6.45, 7) is 1.82. The van der Waals surface area contributed by atoms with Gasteiger partial charge in [0, 0.05) is 16.5 Å². The molecule has 3 rings (SSSR count). The predicted octanol–water partition coefficient (Wildman–Crippen LogP) is 1.43. The molecule has 2 amide bonds. The molecule has 1 aliphatic heterocycles. The molecular formula is C16H17BrN3O2S+. The number of halogens is 1. The molecule has 0 saturated heterocycles. The van der Waals surface area contributed by atoms with E-state index in [0.29, 0.717) is 16.1 Å². The Morgan fingerprint density at radius 2 is 2.00 bits per heavy atom. The Balaban J connectivity index is 1.92. The number of likely N-dealkylation sites (N-methyl/N-ethyl adjacent to an activating group) is 1. The van der Waals surface area contributed by atoms with Crippen LogP contribution in [0.25, 0.3) is 0 Å². The fraction of sp³-hybridized carbons (Fsp3) is 0.250. The van der Waals surface area contributed by atoms with Crippen LogP contribution in [0.5, 0.6) is 0 Å². The van der Waals surface area contributed by atoms with Gasteiger partial charge in [-0.25, -0.2) is 0 Å². The number of carbonyl (C=O) groups is 2. The van der Waals surface area contributed by atoms with Gasteiger partial charge >= 0.3 is 0 Å². The molecule has 1 aromatic carbocycles. The number of nitrogens with one attached hydrogen (secondary N) is 2. The van der Waals surface area contributed by atoms with Crippen molar-refractivity contribution >= 4 is 44.1 Å². The van der Waals surface area contributed by atoms with E-state index in [0.717, 1.165) is 34.4 Å². The van der Waals surface area contributed by atoms with Crippen molar-refractivity contribution in [3.63, 3.8) is 0 Å². The van der Waals surface area contributed by atoms with Gasteiger partial charge in [0.25, 0.3) is 11.8 Å². The van der Waals surface area contributed by atoms with E-state index in [-0.39, 0.29) is 5.91 Å². The van der Waals surface area contributed by atoms with Crippen LogP contribution >= 0.6 is 27.3 Å². The van der Waals surface area contributed by atoms with E-state index in [1.807, 2.05) is 12.1 Å². The quantitative estimate of drug-likeness (QED) is 0.736. The number of thiophene rings is 1. The average molecular weight is 395 g/mol. The van der Waals surface area contributed by atoms with Crippen LogP contribution in [0, 0.1) is 0 Å². The van der Waals surface area contributed by atoms with Crippen LogP contribution in [-0.4, -0.2) is 25.4 Å². The van der Waals surface area contributed by atoms with Gasteiger partial charge in [-0.15, -0.1) is 11.3 Å². The molecule has 7 heteroatoms. The molecule has 2 heterocycles. The van der Waals surface area contributed by atoms with Gasteiger partial charge in [-0.3, -0.25) is 9.59 Å². The van der Waals surface area contributed by atoms with Crippen LogP contribution in [0.1, 0.15) is 31.2 Å². The van der Waals surface area contributed by atoms with Crippen LogP contribution in [0.4, 0.5) is 5.00 Å². The summed E-state index contributed by atoms with van der Waals surface area (Å²) in [5.74, 6) is -0.715. The predicted molar refractivity (Wildman–Crippen MR) is 94.1 cm³/mol. The number of carbonyl (C=O) groups excluding carboxylic acids is 2. The second kappa shape index (κ2) is 6.43. The fourth-order valence-corrected chi connectivity index (χ4v) is 4.37. The van der Waals surface area contributed by atoms with Crippen molar-refractivity contribution in [2.45, 2.75) is 13.0 Å². The summed E-state index contributed by atoms with van der Waals surface area (Å²) >= 11 is 4.80. The Morgan fingerprint density at radius 3 is 2.65 bits per heavy atom. The molecule has 0 fully saturated rings. The molecule has 1 aromatic heterocycles. The van der Waals surface area contributed by atoms with E-state index in [9.17, 15) is 9.59 Å². The second-order valence-electron chi connectivity index (χ2n) is 5.67. The van der Waals surface area contributed by atoms with Crippen molar-refractivity contribution in [2.75, 3.05) is 18.9 Å². The summed E-state index contributed by atoms with van der Waals surface area (Å²) in [7, 11) is 2.12. The van der Waals surface area contributed by atoms with Gasteiger partial charge in [0.15, 0.2) is 0 Å². The van der Waals surface area contributed by atoms with Gasteiger partial charge in [-0.05, 0) is 29.8 Å². The largest absolute Gasteiger partial charge is 0.365 e. The highest BCUT2D eigenvalue weighted by Crippen LogP contribution is 2.34. The highest BCUT2D eigenvalue weighted by atomic mass is 79.9. The molecule has 4 N–H and O–H groups in total. The Hall–Kier alpha value is -1.70. The van der Waals surface area contributed by atoms with Crippen LogP contribution in [0.2, 0.25) is 0 Å². The Kier molecular flexibility index (Phi) is 4.52. The number of hydrogen-bond donors (Lipinski definition) is 3. The third kappa shape index (κ3) is 3.31. The van der Waals surface area contributed by atoms with Gasteiger partial charge < -0.3 is 16.0 Å². The van der Waals surface area contributed by atoms with Gasteiger partial charge in [0.05, 0.1) is 24.0 Å². The maximum atomic E-state index is 12.4. The topological polar surface area (TPSA) is 76.6 Å². The van der Waals surface area contributed by atoms with Crippen molar-refractivity contribution in [1.82, 2.24) is 0 Å². The van der Waals surface area contributed by atoms with Gasteiger partial charge in [-0.1, -0.05) is 15.9 Å². The van der Waals surface area contributed by atoms with Crippen molar-refractivity contribution in [2.24, 2.45) is 5.73 Å². The SMILES string of the molecule is C[NH+]1CCc2c(sc(NC(=O)c3ccc(Br)cc3)c2C(N)=O)C1. The number of anilines is 1. The molecule has 23 heavy (non-hydrogen) atoms. The summed E-state index contributed by atoms with van der Waals surface area (Å²) < 4.78 is 0.907. The summed E-state index contributed by atoms with van der Waals surface area (Å²) in [4.78, 5) is 26.8. The first-order valence-corrected chi connectivity index (χ1v) is 8.89. The molecule has 0 radical (unpaired) electrons. The first kappa shape index (κ1) is 16.2. The van der Waals surface area contributed by atoms with Crippen LogP contribution in [0.15, 0.2) is 28.7 Å². The zero-order valence-electron chi connectivity index (χ0n) is 12.6. The molecule has 0 aliphatic carbocycles. The lowest BCUT2D eigenvalue weighted by Crippen LogP contribution is -3.08. The first-order chi connectivity index (χ1) is 11.0.